The normalized spacial score (nSPS) is 16.9. The molecule has 0 fully saturated rings. The van der Waals surface area contributed by atoms with E-state index in [-0.39, 0.29) is 5.84 Å². The van der Waals surface area contributed by atoms with E-state index in [1.54, 1.807) is 0 Å². The summed E-state index contributed by atoms with van der Waals surface area (Å²) in [6.45, 7) is 0. The molecule has 0 aromatic rings. The number of alkyl halides is 3. The van der Waals surface area contributed by atoms with Gasteiger partial charge in [0.1, 0.15) is 6.42 Å². The van der Waals surface area contributed by atoms with Crippen molar-refractivity contribution in [3.05, 3.63) is 0 Å². The van der Waals surface area contributed by atoms with Crippen LogP contribution in [0.2, 0.25) is 0 Å². The van der Waals surface area contributed by atoms with E-state index in [9.17, 15) is 13.2 Å². The molecule has 0 bridgehead atoms. The molecule has 10 heavy (non-hydrogen) atoms. The summed E-state index contributed by atoms with van der Waals surface area (Å²) < 4.78 is 34.6. The van der Waals surface area contributed by atoms with Crippen LogP contribution in [0.15, 0.2) is 5.10 Å². The molecule has 0 spiro atoms. The van der Waals surface area contributed by atoms with Crippen LogP contribution in [0.5, 0.6) is 0 Å². The number of hydrogen-bond acceptors (Lipinski definition) is 3. The van der Waals surface area contributed by atoms with Crippen LogP contribution in [0.25, 0.3) is 0 Å². The Hall–Kier alpha value is -1.07. The maximum absolute atomic E-state index is 11.5. The van der Waals surface area contributed by atoms with E-state index in [0.717, 1.165) is 0 Å². The number of aliphatic imine (C=N–C) groups is 1. The molecule has 0 aliphatic carbocycles. The second-order valence-corrected chi connectivity index (χ2v) is 1.67. The van der Waals surface area contributed by atoms with Gasteiger partial charge in [-0.15, -0.1) is 5.43 Å². The summed E-state index contributed by atoms with van der Waals surface area (Å²) in [4.78, 5) is 3.19. The molecule has 1 aliphatic rings. The molecular formula is C4H3F3N3+. The van der Waals surface area contributed by atoms with Gasteiger partial charge in [-0.1, -0.05) is 4.99 Å². The van der Waals surface area contributed by atoms with Gasteiger partial charge in [0.25, 0.3) is 5.84 Å². The summed E-state index contributed by atoms with van der Waals surface area (Å²) in [5.74, 6) is -0.215. The first-order chi connectivity index (χ1) is 4.58. The zero-order valence-electron chi connectivity index (χ0n) is 4.74. The number of halogens is 3. The smallest absolute Gasteiger partial charge is 0.170 e. The van der Waals surface area contributed by atoms with Gasteiger partial charge in [0.05, 0.1) is 5.10 Å². The molecular weight excluding hydrogens is 147 g/mol. The van der Waals surface area contributed by atoms with E-state index in [0.29, 0.717) is 0 Å². The van der Waals surface area contributed by atoms with Crippen molar-refractivity contribution in [1.82, 2.24) is 10.4 Å². The molecule has 2 radical (unpaired) electrons. The fourth-order valence-corrected chi connectivity index (χ4v) is 0.469. The fraction of sp³-hybridized carbons (Fsp3) is 0.500. The molecule has 0 saturated heterocycles. The second kappa shape index (κ2) is 2.28. The predicted molar refractivity (Wildman–Crippen MR) is 28.4 cm³/mol. The third-order valence-corrected chi connectivity index (χ3v) is 0.788. The molecule has 0 aromatic heterocycles. The van der Waals surface area contributed by atoms with Crippen LogP contribution in [0.3, 0.4) is 0 Å². The standard InChI is InChI=1S/C4H3F3N3/c5-4(6,7)1-3-8-2-9-10-3/h1H2,(H,9,10)/q+1. The monoisotopic (exact) mass is 150 g/mol. The third kappa shape index (κ3) is 2.04. The third-order valence-electron chi connectivity index (χ3n) is 0.788. The molecule has 1 rings (SSSR count). The Morgan fingerprint density at radius 3 is 2.70 bits per heavy atom. The minimum absolute atomic E-state index is 0.215. The SMILES string of the molecule is FC(F)(F)CC1=[N+][C]=NN1. The highest BCUT2D eigenvalue weighted by molar-refractivity contribution is 5.90. The van der Waals surface area contributed by atoms with Gasteiger partial charge in [-0.3, -0.25) is 0 Å². The van der Waals surface area contributed by atoms with E-state index in [2.05, 4.69) is 15.5 Å². The number of nitrogens with zero attached hydrogens (tertiary/aromatic N) is 2. The van der Waals surface area contributed by atoms with Crippen molar-refractivity contribution in [2.24, 2.45) is 5.10 Å². The van der Waals surface area contributed by atoms with Gasteiger partial charge in [0.2, 0.25) is 0 Å². The lowest BCUT2D eigenvalue weighted by Gasteiger charge is -1.99. The van der Waals surface area contributed by atoms with Crippen molar-refractivity contribution >= 4 is 12.2 Å². The Morgan fingerprint density at radius 1 is 1.60 bits per heavy atom. The Morgan fingerprint density at radius 2 is 2.30 bits per heavy atom. The van der Waals surface area contributed by atoms with Crippen molar-refractivity contribution in [2.45, 2.75) is 12.6 Å². The average Bonchev–Trinajstić information content (AvgIpc) is 2.12. The molecule has 1 aliphatic heterocycles. The first-order valence-electron chi connectivity index (χ1n) is 2.42. The van der Waals surface area contributed by atoms with E-state index in [4.69, 9.17) is 0 Å². The zero-order valence-corrected chi connectivity index (χ0v) is 4.74. The van der Waals surface area contributed by atoms with Gasteiger partial charge >= 0.3 is 12.5 Å². The number of nitrogens with one attached hydrogen (secondary N) is 1. The minimum Gasteiger partial charge on any atom is -0.170 e. The molecule has 1 N–H and O–H groups in total. The molecule has 0 atom stereocenters. The Kier molecular flexibility index (Phi) is 1.60. The highest BCUT2D eigenvalue weighted by Crippen LogP contribution is 2.18. The van der Waals surface area contributed by atoms with E-state index < -0.39 is 12.6 Å². The molecule has 0 aromatic carbocycles. The first kappa shape index (κ1) is 7.04. The second-order valence-electron chi connectivity index (χ2n) is 1.67. The highest BCUT2D eigenvalue weighted by Gasteiger charge is 2.34. The van der Waals surface area contributed by atoms with Crippen LogP contribution >= 0.6 is 0 Å². The van der Waals surface area contributed by atoms with Crippen molar-refractivity contribution in [3.8, 4) is 0 Å². The van der Waals surface area contributed by atoms with Gasteiger partial charge in [0, 0.05) is 0 Å². The Balaban J connectivity index is 2.41. The van der Waals surface area contributed by atoms with Crippen LogP contribution in [-0.2, 0) is 0 Å². The van der Waals surface area contributed by atoms with E-state index in [1.165, 1.54) is 0 Å². The summed E-state index contributed by atoms with van der Waals surface area (Å²) >= 11 is 0. The quantitative estimate of drug-likeness (QED) is 0.565. The lowest BCUT2D eigenvalue weighted by Crippen LogP contribution is -2.24. The van der Waals surface area contributed by atoms with Crippen molar-refractivity contribution in [1.29, 1.82) is 0 Å². The molecule has 0 saturated carbocycles. The number of amidine groups is 1. The maximum Gasteiger partial charge on any atom is 0.418 e. The summed E-state index contributed by atoms with van der Waals surface area (Å²) in [5, 5.41) is 3.15. The van der Waals surface area contributed by atoms with Gasteiger partial charge in [-0.2, -0.15) is 13.2 Å². The van der Waals surface area contributed by atoms with Gasteiger partial charge in [0.15, 0.2) is 0 Å². The van der Waals surface area contributed by atoms with Crippen molar-refractivity contribution in [3.63, 3.8) is 0 Å². The molecule has 0 unspecified atom stereocenters. The van der Waals surface area contributed by atoms with Crippen LogP contribution in [0.4, 0.5) is 13.2 Å². The number of hydrogen-bond donors (Lipinski definition) is 1. The zero-order chi connectivity index (χ0) is 7.61. The summed E-state index contributed by atoms with van der Waals surface area (Å²) in [5.41, 5.74) is 2.06. The number of rotatable bonds is 1. The maximum atomic E-state index is 11.5. The highest BCUT2D eigenvalue weighted by atomic mass is 19.4. The minimum atomic E-state index is -4.23. The summed E-state index contributed by atoms with van der Waals surface area (Å²) in [7, 11) is 0. The lowest BCUT2D eigenvalue weighted by molar-refractivity contribution is -0.121. The average molecular weight is 150 g/mol. The lowest BCUT2D eigenvalue weighted by atomic mass is 10.4. The van der Waals surface area contributed by atoms with Crippen LogP contribution in [0.1, 0.15) is 6.42 Å². The summed E-state index contributed by atoms with van der Waals surface area (Å²) in [6, 6.07) is 0. The predicted octanol–water partition coefficient (Wildman–Crippen LogP) is 0.0966. The fourth-order valence-electron chi connectivity index (χ4n) is 0.469. The van der Waals surface area contributed by atoms with E-state index >= 15 is 0 Å². The number of hydrazone groups is 1. The largest absolute Gasteiger partial charge is 0.418 e. The summed E-state index contributed by atoms with van der Waals surface area (Å²) in [6.07, 6.45) is -3.31. The molecule has 1 heterocycles. The van der Waals surface area contributed by atoms with Gasteiger partial charge in [-0.05, 0) is 0 Å². The van der Waals surface area contributed by atoms with Crippen molar-refractivity contribution < 1.29 is 13.2 Å². The first-order valence-corrected chi connectivity index (χ1v) is 2.42. The molecule has 54 valence electrons. The van der Waals surface area contributed by atoms with Crippen LogP contribution < -0.4 is 10.4 Å². The Bertz CT molecular complexity index is 181. The van der Waals surface area contributed by atoms with Crippen molar-refractivity contribution in [2.75, 3.05) is 0 Å². The van der Waals surface area contributed by atoms with Crippen LogP contribution in [0, 0.1) is 0 Å². The molecule has 3 nitrogen and oxygen atoms in total. The van der Waals surface area contributed by atoms with Crippen LogP contribution in [-0.4, -0.2) is 18.4 Å². The molecule has 0 amide bonds. The van der Waals surface area contributed by atoms with E-state index in [1.807, 2.05) is 6.34 Å². The molecule has 6 heteroatoms. The Labute approximate surface area is 54.6 Å². The van der Waals surface area contributed by atoms with Gasteiger partial charge < -0.3 is 0 Å². The topological polar surface area (TPSA) is 38.5 Å². The van der Waals surface area contributed by atoms with Gasteiger partial charge in [-0.25, -0.2) is 0 Å².